The monoisotopic (exact) mass is 415 g/mol. The number of carbonyl (C=O) groups is 3. The van der Waals surface area contributed by atoms with Gasteiger partial charge < -0.3 is 14.8 Å². The Labute approximate surface area is 176 Å². The van der Waals surface area contributed by atoms with Crippen LogP contribution in [0.25, 0.3) is 0 Å². The molecule has 0 aliphatic rings. The maximum Gasteiger partial charge on any atom is 0.307 e. The van der Waals surface area contributed by atoms with Gasteiger partial charge in [0, 0.05) is 24.1 Å². The van der Waals surface area contributed by atoms with Gasteiger partial charge >= 0.3 is 5.97 Å². The van der Waals surface area contributed by atoms with Crippen LogP contribution in [0.15, 0.2) is 36.5 Å². The van der Waals surface area contributed by atoms with Crippen LogP contribution in [0.5, 0.6) is 5.75 Å². The number of rotatable bonds is 11. The van der Waals surface area contributed by atoms with Crippen LogP contribution < -0.4 is 10.1 Å². The predicted octanol–water partition coefficient (Wildman–Crippen LogP) is 3.79. The number of esters is 1. The molecule has 0 aliphatic carbocycles. The SMILES string of the molecule is CCCOc1ccc(C(=O)CCC(=O)O[C@@H](C)C(=O)Nc2ccnn2C(C)C)cc1. The van der Waals surface area contributed by atoms with E-state index in [0.717, 1.165) is 6.42 Å². The third-order valence-electron chi connectivity index (χ3n) is 4.29. The first kappa shape index (κ1) is 23.1. The quantitative estimate of drug-likeness (QED) is 0.443. The summed E-state index contributed by atoms with van der Waals surface area (Å²) in [5, 5.41) is 6.83. The Kier molecular flexibility index (Phi) is 8.58. The molecular formula is C22H29N3O5. The Hall–Kier alpha value is -3.16. The molecule has 0 saturated heterocycles. The lowest BCUT2D eigenvalue weighted by molar-refractivity contribution is -0.153. The minimum absolute atomic E-state index is 0.00244. The smallest absolute Gasteiger partial charge is 0.307 e. The second-order valence-corrected chi connectivity index (χ2v) is 7.17. The minimum atomic E-state index is -0.988. The average Bonchev–Trinajstić information content (AvgIpc) is 3.19. The maximum absolute atomic E-state index is 12.3. The summed E-state index contributed by atoms with van der Waals surface area (Å²) in [6, 6.07) is 8.56. The first-order chi connectivity index (χ1) is 14.3. The molecule has 30 heavy (non-hydrogen) atoms. The number of nitrogens with one attached hydrogen (secondary N) is 1. The van der Waals surface area contributed by atoms with Gasteiger partial charge in [-0.3, -0.25) is 14.4 Å². The van der Waals surface area contributed by atoms with Crippen LogP contribution in [0.2, 0.25) is 0 Å². The van der Waals surface area contributed by atoms with Crippen molar-refractivity contribution in [3.63, 3.8) is 0 Å². The van der Waals surface area contributed by atoms with Gasteiger partial charge in [-0.15, -0.1) is 0 Å². The van der Waals surface area contributed by atoms with Gasteiger partial charge in [-0.25, -0.2) is 4.68 Å². The largest absolute Gasteiger partial charge is 0.494 e. The van der Waals surface area contributed by atoms with Crippen LogP contribution in [0, 0.1) is 0 Å². The lowest BCUT2D eigenvalue weighted by Crippen LogP contribution is -2.31. The number of anilines is 1. The fourth-order valence-corrected chi connectivity index (χ4v) is 2.68. The van der Waals surface area contributed by atoms with Crippen LogP contribution in [-0.2, 0) is 14.3 Å². The van der Waals surface area contributed by atoms with E-state index in [1.807, 2.05) is 20.8 Å². The van der Waals surface area contributed by atoms with Gasteiger partial charge in [-0.2, -0.15) is 5.10 Å². The zero-order chi connectivity index (χ0) is 22.1. The highest BCUT2D eigenvalue weighted by Crippen LogP contribution is 2.16. The average molecular weight is 415 g/mol. The Morgan fingerprint density at radius 2 is 1.77 bits per heavy atom. The summed E-state index contributed by atoms with van der Waals surface area (Å²) >= 11 is 0. The molecule has 1 N–H and O–H groups in total. The Morgan fingerprint density at radius 3 is 2.40 bits per heavy atom. The summed E-state index contributed by atoms with van der Waals surface area (Å²) in [4.78, 5) is 36.6. The summed E-state index contributed by atoms with van der Waals surface area (Å²) in [6.45, 7) is 8.00. The molecule has 0 spiro atoms. The molecule has 1 aromatic heterocycles. The molecule has 1 amide bonds. The predicted molar refractivity (Wildman–Crippen MR) is 113 cm³/mol. The number of carbonyl (C=O) groups excluding carboxylic acids is 3. The standard InChI is InChI=1S/C22H29N3O5/c1-5-14-29-18-8-6-17(7-9-18)19(26)10-11-21(27)30-16(4)22(28)24-20-12-13-23-25(20)15(2)3/h6-9,12-13,15-16H,5,10-11,14H2,1-4H3,(H,24,28)/t16-/m0/s1. The summed E-state index contributed by atoms with van der Waals surface area (Å²) in [5.74, 6) is -0.0103. The van der Waals surface area contributed by atoms with Crippen LogP contribution in [0.3, 0.4) is 0 Å². The first-order valence-corrected chi connectivity index (χ1v) is 10.1. The summed E-state index contributed by atoms with van der Waals surface area (Å²) < 4.78 is 12.3. The number of ether oxygens (including phenoxy) is 2. The van der Waals surface area contributed by atoms with E-state index in [4.69, 9.17) is 9.47 Å². The van der Waals surface area contributed by atoms with E-state index in [2.05, 4.69) is 10.4 Å². The molecule has 162 valence electrons. The van der Waals surface area contributed by atoms with E-state index < -0.39 is 18.0 Å². The molecule has 8 nitrogen and oxygen atoms in total. The van der Waals surface area contributed by atoms with Crippen molar-refractivity contribution in [1.82, 2.24) is 9.78 Å². The van der Waals surface area contributed by atoms with Gasteiger partial charge in [0.15, 0.2) is 11.9 Å². The van der Waals surface area contributed by atoms with Crippen LogP contribution in [-0.4, -0.2) is 40.2 Å². The zero-order valence-corrected chi connectivity index (χ0v) is 17.9. The van der Waals surface area contributed by atoms with Crippen LogP contribution in [0.4, 0.5) is 5.82 Å². The highest BCUT2D eigenvalue weighted by atomic mass is 16.5. The van der Waals surface area contributed by atoms with Crippen molar-refractivity contribution in [3.8, 4) is 5.75 Å². The molecule has 1 heterocycles. The Balaban J connectivity index is 1.79. The van der Waals surface area contributed by atoms with Crippen molar-refractivity contribution in [1.29, 1.82) is 0 Å². The summed E-state index contributed by atoms with van der Waals surface area (Å²) in [5.41, 5.74) is 0.499. The molecule has 8 heteroatoms. The number of hydrogen-bond acceptors (Lipinski definition) is 6. The first-order valence-electron chi connectivity index (χ1n) is 10.1. The third kappa shape index (κ3) is 6.72. The van der Waals surface area contributed by atoms with Crippen molar-refractivity contribution < 1.29 is 23.9 Å². The van der Waals surface area contributed by atoms with Gasteiger partial charge in [-0.1, -0.05) is 6.92 Å². The third-order valence-corrected chi connectivity index (χ3v) is 4.29. The van der Waals surface area contributed by atoms with Crippen LogP contribution in [0.1, 0.15) is 63.4 Å². The van der Waals surface area contributed by atoms with Crippen molar-refractivity contribution in [2.45, 2.75) is 59.1 Å². The number of benzene rings is 1. The number of ketones is 1. The van der Waals surface area contributed by atoms with Gasteiger partial charge in [0.25, 0.3) is 5.91 Å². The fraction of sp³-hybridized carbons (Fsp3) is 0.455. The fourth-order valence-electron chi connectivity index (χ4n) is 2.68. The van der Waals surface area contributed by atoms with E-state index in [9.17, 15) is 14.4 Å². The summed E-state index contributed by atoms with van der Waals surface area (Å²) in [7, 11) is 0. The molecule has 2 rings (SSSR count). The van der Waals surface area contributed by atoms with Crippen molar-refractivity contribution in [2.24, 2.45) is 0 Å². The van der Waals surface area contributed by atoms with Crippen molar-refractivity contribution >= 4 is 23.5 Å². The lowest BCUT2D eigenvalue weighted by atomic mass is 10.1. The van der Waals surface area contributed by atoms with Crippen molar-refractivity contribution in [2.75, 3.05) is 11.9 Å². The molecule has 0 unspecified atom stereocenters. The van der Waals surface area contributed by atoms with E-state index >= 15 is 0 Å². The van der Waals surface area contributed by atoms with Gasteiger partial charge in [-0.05, 0) is 51.5 Å². The second-order valence-electron chi connectivity index (χ2n) is 7.17. The molecule has 1 atom stereocenters. The van der Waals surface area contributed by atoms with E-state index in [1.165, 1.54) is 6.92 Å². The molecule has 0 aliphatic heterocycles. The van der Waals surface area contributed by atoms with Crippen molar-refractivity contribution in [3.05, 3.63) is 42.1 Å². The normalized spacial score (nSPS) is 11.8. The summed E-state index contributed by atoms with van der Waals surface area (Å²) in [6.07, 6.45) is 1.40. The number of hydrogen-bond donors (Lipinski definition) is 1. The zero-order valence-electron chi connectivity index (χ0n) is 17.9. The number of Topliss-reactive ketones (excluding diaryl/α,β-unsaturated/α-hetero) is 1. The highest BCUT2D eigenvalue weighted by molar-refractivity contribution is 5.98. The topological polar surface area (TPSA) is 99.5 Å². The van der Waals surface area contributed by atoms with Gasteiger partial charge in [0.1, 0.15) is 11.6 Å². The van der Waals surface area contributed by atoms with Crippen LogP contribution >= 0.6 is 0 Å². The molecule has 0 fully saturated rings. The number of amides is 1. The lowest BCUT2D eigenvalue weighted by Gasteiger charge is -2.15. The molecule has 0 saturated carbocycles. The molecule has 1 aromatic carbocycles. The number of aromatic nitrogens is 2. The Bertz CT molecular complexity index is 858. The second kappa shape index (κ2) is 11.1. The molecule has 0 bridgehead atoms. The van der Waals surface area contributed by atoms with Gasteiger partial charge in [0.05, 0.1) is 19.2 Å². The molecule has 2 aromatic rings. The van der Waals surface area contributed by atoms with E-state index in [0.29, 0.717) is 23.7 Å². The van der Waals surface area contributed by atoms with Gasteiger partial charge in [0.2, 0.25) is 0 Å². The Morgan fingerprint density at radius 1 is 1.07 bits per heavy atom. The molecular weight excluding hydrogens is 386 g/mol. The van der Waals surface area contributed by atoms with E-state index in [-0.39, 0.29) is 24.7 Å². The maximum atomic E-state index is 12.3. The van der Waals surface area contributed by atoms with E-state index in [1.54, 1.807) is 41.2 Å². The highest BCUT2D eigenvalue weighted by Gasteiger charge is 2.20. The minimum Gasteiger partial charge on any atom is -0.494 e. The molecule has 0 radical (unpaired) electrons. The number of nitrogens with zero attached hydrogens (tertiary/aromatic N) is 2.